The van der Waals surface area contributed by atoms with Crippen LogP contribution in [-0.4, -0.2) is 6.98 Å². The fourth-order valence-electron chi connectivity index (χ4n) is 4.84. The highest BCUT2D eigenvalue weighted by atomic mass is 14.9. The maximum Gasteiger partial charge on any atom is 0.371 e. The largest absolute Gasteiger partial charge is 0.410 e. The second kappa shape index (κ2) is 5.85. The van der Waals surface area contributed by atoms with E-state index in [1.807, 2.05) is 0 Å². The second-order valence-electron chi connectivity index (χ2n) is 7.61. The van der Waals surface area contributed by atoms with Gasteiger partial charge in [-0.2, -0.15) is 0 Å². The molecule has 1 aliphatic heterocycles. The van der Waals surface area contributed by atoms with E-state index in [9.17, 15) is 0 Å². The molecule has 132 valence electrons. The van der Waals surface area contributed by atoms with E-state index in [0.717, 1.165) is 5.69 Å². The van der Waals surface area contributed by atoms with Crippen molar-refractivity contribution in [1.82, 2.24) is 0 Å². The minimum atomic E-state index is -0.231. The molecule has 6 rings (SSSR count). The van der Waals surface area contributed by atoms with Gasteiger partial charge in [0.25, 0.3) is 0 Å². The molecule has 2 nitrogen and oxygen atoms in total. The molecule has 3 heteroatoms. The van der Waals surface area contributed by atoms with Gasteiger partial charge in [-0.1, -0.05) is 91.0 Å². The lowest BCUT2D eigenvalue weighted by Gasteiger charge is -2.29. The topological polar surface area (TPSA) is 38.0 Å². The normalized spacial score (nSPS) is 16.5. The molecule has 0 bridgehead atoms. The van der Waals surface area contributed by atoms with E-state index < -0.39 is 0 Å². The van der Waals surface area contributed by atoms with Gasteiger partial charge in [0.15, 0.2) is 0 Å². The highest BCUT2D eigenvalue weighted by Crippen LogP contribution is 2.40. The summed E-state index contributed by atoms with van der Waals surface area (Å²) in [6.07, 6.45) is 4.52. The van der Waals surface area contributed by atoms with Crippen molar-refractivity contribution >= 4 is 35.0 Å². The van der Waals surface area contributed by atoms with Crippen molar-refractivity contribution in [2.75, 3.05) is 5.23 Å². The van der Waals surface area contributed by atoms with Crippen molar-refractivity contribution < 1.29 is 0 Å². The first kappa shape index (κ1) is 15.7. The van der Waals surface area contributed by atoms with Crippen molar-refractivity contribution in [3.8, 4) is 11.1 Å². The van der Waals surface area contributed by atoms with Gasteiger partial charge in [0, 0.05) is 22.6 Å². The predicted molar refractivity (Wildman–Crippen MR) is 120 cm³/mol. The molecular weight excluding hydrogens is 339 g/mol. The van der Waals surface area contributed by atoms with Crippen LogP contribution in [0, 0.1) is 0 Å². The Labute approximate surface area is 164 Å². The van der Waals surface area contributed by atoms with Crippen LogP contribution in [-0.2, 0) is 0 Å². The summed E-state index contributed by atoms with van der Waals surface area (Å²) < 4.78 is 0. The van der Waals surface area contributed by atoms with Crippen LogP contribution in [0.5, 0.6) is 0 Å². The summed E-state index contributed by atoms with van der Waals surface area (Å²) in [5.41, 5.74) is 15.5. The van der Waals surface area contributed by atoms with Crippen molar-refractivity contribution in [3.63, 3.8) is 0 Å². The lowest BCUT2D eigenvalue weighted by Crippen LogP contribution is -2.52. The fraction of sp³-hybridized carbons (Fsp3) is 0.0400. The number of nitrogens with two attached hydrogens (primary N) is 1. The quantitative estimate of drug-likeness (QED) is 0.482. The average molecular weight is 358 g/mol. The smallest absolute Gasteiger partial charge is 0.371 e. The molecule has 28 heavy (non-hydrogen) atoms. The lowest BCUT2D eigenvalue weighted by atomic mass is 9.60. The zero-order valence-electron chi connectivity index (χ0n) is 15.4. The molecule has 1 atom stereocenters. The number of anilines is 1. The molecule has 4 aromatic carbocycles. The predicted octanol–water partition coefficient (Wildman–Crippen LogP) is 4.74. The van der Waals surface area contributed by atoms with Crippen molar-refractivity contribution in [3.05, 3.63) is 102 Å². The number of hydrogen-bond donors (Lipinski definition) is 2. The van der Waals surface area contributed by atoms with E-state index in [0.29, 0.717) is 0 Å². The minimum Gasteiger partial charge on any atom is -0.410 e. The Morgan fingerprint density at radius 2 is 1.57 bits per heavy atom. The summed E-state index contributed by atoms with van der Waals surface area (Å²) in [7, 11) is 0. The monoisotopic (exact) mass is 358 g/mol. The molecule has 1 unspecified atom stereocenters. The Bertz CT molecular complexity index is 1270. The Balaban J connectivity index is 1.59. The number of allylic oxidation sites excluding steroid dienone is 1. The van der Waals surface area contributed by atoms with Gasteiger partial charge >= 0.3 is 6.98 Å². The van der Waals surface area contributed by atoms with Crippen LogP contribution in [0.4, 0.5) is 5.69 Å². The molecule has 4 aromatic rings. The Hall–Kier alpha value is -3.30. The number of rotatable bonds is 1. The van der Waals surface area contributed by atoms with E-state index in [1.54, 1.807) is 0 Å². The highest BCUT2D eigenvalue weighted by molar-refractivity contribution is 6.76. The molecule has 3 N–H and O–H groups in total. The summed E-state index contributed by atoms with van der Waals surface area (Å²) in [5.74, 6) is 0.251. The zero-order chi connectivity index (χ0) is 18.7. The zero-order valence-corrected chi connectivity index (χ0v) is 15.4. The fourth-order valence-corrected chi connectivity index (χ4v) is 4.84. The molecule has 0 saturated heterocycles. The number of hydrogen-bond acceptors (Lipinski definition) is 2. The lowest BCUT2D eigenvalue weighted by molar-refractivity contribution is 1.06. The van der Waals surface area contributed by atoms with E-state index in [1.165, 1.54) is 44.1 Å². The molecule has 0 saturated carbocycles. The van der Waals surface area contributed by atoms with E-state index in [2.05, 4.69) is 96.2 Å². The SMILES string of the molecule is NB1Nc2c(ccc3ccccc23)-c2cccc(C3C=Cc4ccccc43)c21. The van der Waals surface area contributed by atoms with Crippen LogP contribution in [0.1, 0.15) is 22.6 Å². The van der Waals surface area contributed by atoms with Gasteiger partial charge in [0.2, 0.25) is 0 Å². The first-order valence-corrected chi connectivity index (χ1v) is 9.75. The Morgan fingerprint density at radius 3 is 2.54 bits per heavy atom. The molecule has 0 spiro atoms. The molecule has 2 aliphatic rings. The van der Waals surface area contributed by atoms with Crippen LogP contribution >= 0.6 is 0 Å². The van der Waals surface area contributed by atoms with Crippen molar-refractivity contribution in [1.29, 1.82) is 0 Å². The van der Waals surface area contributed by atoms with Crippen LogP contribution in [0.25, 0.3) is 28.0 Å². The molecule has 0 radical (unpaired) electrons. The van der Waals surface area contributed by atoms with E-state index >= 15 is 0 Å². The molecule has 0 aromatic heterocycles. The van der Waals surface area contributed by atoms with Crippen molar-refractivity contribution in [2.45, 2.75) is 5.92 Å². The number of nitrogens with one attached hydrogen (secondary N) is 1. The Morgan fingerprint density at radius 1 is 0.750 bits per heavy atom. The van der Waals surface area contributed by atoms with E-state index in [4.69, 9.17) is 5.64 Å². The third-order valence-corrected chi connectivity index (χ3v) is 6.10. The summed E-state index contributed by atoms with van der Waals surface area (Å²) in [4.78, 5) is 0. The summed E-state index contributed by atoms with van der Waals surface area (Å²) in [6.45, 7) is -0.231. The molecule has 1 aliphatic carbocycles. The van der Waals surface area contributed by atoms with E-state index in [-0.39, 0.29) is 12.9 Å². The van der Waals surface area contributed by atoms with Gasteiger partial charge in [0.05, 0.1) is 0 Å². The number of benzene rings is 4. The first-order chi connectivity index (χ1) is 13.8. The van der Waals surface area contributed by atoms with Gasteiger partial charge in [0.1, 0.15) is 0 Å². The Kier molecular flexibility index (Phi) is 3.29. The standard InChI is InChI=1S/C25H19BN2/c27-26-24-21(20-14-12-16-6-1-3-8-18(16)20)10-5-11-22(24)23-15-13-17-7-2-4-9-19(17)25(23)28-26/h1-15,20,28H,27H2. The molecule has 1 heterocycles. The highest BCUT2D eigenvalue weighted by Gasteiger charge is 2.32. The third kappa shape index (κ3) is 2.14. The van der Waals surface area contributed by atoms with Gasteiger partial charge in [-0.15, -0.1) is 0 Å². The summed E-state index contributed by atoms with van der Waals surface area (Å²) in [5, 5.41) is 6.05. The maximum absolute atomic E-state index is 6.71. The second-order valence-corrected chi connectivity index (χ2v) is 7.61. The van der Waals surface area contributed by atoms with Crippen LogP contribution in [0.3, 0.4) is 0 Å². The summed E-state index contributed by atoms with van der Waals surface area (Å²) >= 11 is 0. The maximum atomic E-state index is 6.71. The summed E-state index contributed by atoms with van der Waals surface area (Å²) in [6, 6.07) is 28.1. The van der Waals surface area contributed by atoms with Gasteiger partial charge in [-0.3, -0.25) is 0 Å². The molecular formula is C25H19BN2. The van der Waals surface area contributed by atoms with Crippen LogP contribution < -0.4 is 16.3 Å². The van der Waals surface area contributed by atoms with Crippen molar-refractivity contribution in [2.24, 2.45) is 5.64 Å². The molecule has 0 amide bonds. The average Bonchev–Trinajstić information content (AvgIpc) is 3.17. The van der Waals surface area contributed by atoms with Crippen LogP contribution in [0.15, 0.2) is 84.9 Å². The van der Waals surface area contributed by atoms with Crippen LogP contribution in [0.2, 0.25) is 0 Å². The van der Waals surface area contributed by atoms with Gasteiger partial charge in [-0.25, -0.2) is 0 Å². The number of fused-ring (bicyclic) bond motifs is 6. The minimum absolute atomic E-state index is 0.231. The van der Waals surface area contributed by atoms with Gasteiger partial charge < -0.3 is 10.9 Å². The van der Waals surface area contributed by atoms with Gasteiger partial charge in [-0.05, 0) is 33.1 Å². The first-order valence-electron chi connectivity index (χ1n) is 9.75. The molecule has 0 fully saturated rings. The third-order valence-electron chi connectivity index (χ3n) is 6.10.